The van der Waals surface area contributed by atoms with Crippen molar-refractivity contribution >= 4 is 0 Å². The molecule has 17 heavy (non-hydrogen) atoms. The summed E-state index contributed by atoms with van der Waals surface area (Å²) in [5, 5.41) is 3.31. The second kappa shape index (κ2) is 4.34. The molecule has 0 saturated carbocycles. The van der Waals surface area contributed by atoms with Gasteiger partial charge in [0.15, 0.2) is 0 Å². The molecule has 0 amide bonds. The molecule has 1 aromatic heterocycles. The van der Waals surface area contributed by atoms with Crippen LogP contribution in [-0.4, -0.2) is 22.6 Å². The molecule has 1 fully saturated rings. The third kappa shape index (κ3) is 2.11. The van der Waals surface area contributed by atoms with Gasteiger partial charge in [-0.1, -0.05) is 29.8 Å². The zero-order valence-corrected chi connectivity index (χ0v) is 10.1. The first kappa shape index (κ1) is 10.5. The molecule has 0 unspecified atom stereocenters. The fraction of sp³-hybridized carbons (Fsp3) is 0.357. The average Bonchev–Trinajstić information content (AvgIpc) is 2.73. The zero-order valence-electron chi connectivity index (χ0n) is 10.1. The van der Waals surface area contributed by atoms with Gasteiger partial charge in [-0.3, -0.25) is 0 Å². The normalized spacial score (nSPS) is 15.8. The van der Waals surface area contributed by atoms with E-state index in [1.165, 1.54) is 16.8 Å². The Bertz CT molecular complexity index is 494. The Morgan fingerprint density at radius 2 is 2.06 bits per heavy atom. The number of nitrogens with one attached hydrogen (secondary N) is 1. The number of imidazole rings is 1. The van der Waals surface area contributed by atoms with E-state index in [1.54, 1.807) is 0 Å². The Labute approximate surface area is 101 Å². The van der Waals surface area contributed by atoms with E-state index in [0.29, 0.717) is 0 Å². The van der Waals surface area contributed by atoms with E-state index in [4.69, 9.17) is 0 Å². The molecule has 2 heterocycles. The number of rotatable bonds is 3. The predicted molar refractivity (Wildman–Crippen MR) is 68.8 cm³/mol. The van der Waals surface area contributed by atoms with Crippen LogP contribution in [0.3, 0.4) is 0 Å². The molecule has 0 radical (unpaired) electrons. The molecular weight excluding hydrogens is 210 g/mol. The molecule has 3 nitrogen and oxygen atoms in total. The third-order valence-corrected chi connectivity index (χ3v) is 3.38. The molecule has 0 bridgehead atoms. The lowest BCUT2D eigenvalue weighted by Crippen LogP contribution is -2.44. The lowest BCUT2D eigenvalue weighted by molar-refractivity contribution is 0.308. The van der Waals surface area contributed by atoms with Gasteiger partial charge in [-0.25, -0.2) is 4.98 Å². The van der Waals surface area contributed by atoms with Crippen molar-refractivity contribution in [2.75, 3.05) is 13.1 Å². The van der Waals surface area contributed by atoms with E-state index in [2.05, 4.69) is 46.1 Å². The van der Waals surface area contributed by atoms with Crippen LogP contribution in [0.1, 0.15) is 5.56 Å². The van der Waals surface area contributed by atoms with Crippen molar-refractivity contribution < 1.29 is 0 Å². The molecule has 2 aromatic rings. The second-order valence-corrected chi connectivity index (χ2v) is 4.82. The van der Waals surface area contributed by atoms with Crippen molar-refractivity contribution in [2.45, 2.75) is 13.5 Å². The van der Waals surface area contributed by atoms with E-state index in [1.807, 2.05) is 12.5 Å². The number of aromatic nitrogens is 2. The van der Waals surface area contributed by atoms with E-state index >= 15 is 0 Å². The highest BCUT2D eigenvalue weighted by molar-refractivity contribution is 5.59. The minimum Gasteiger partial charge on any atom is -0.330 e. The van der Waals surface area contributed by atoms with E-state index in [9.17, 15) is 0 Å². The van der Waals surface area contributed by atoms with Gasteiger partial charge in [0.1, 0.15) is 0 Å². The fourth-order valence-corrected chi connectivity index (χ4v) is 2.19. The molecule has 0 atom stereocenters. The molecule has 1 N–H and O–H groups in total. The smallest absolute Gasteiger partial charge is 0.0951 e. The molecular formula is C14H17N3. The number of aryl methyl sites for hydroxylation is 1. The summed E-state index contributed by atoms with van der Waals surface area (Å²) >= 11 is 0. The summed E-state index contributed by atoms with van der Waals surface area (Å²) in [6.45, 7) is 5.44. The maximum Gasteiger partial charge on any atom is 0.0951 e. The predicted octanol–water partition coefficient (Wildman–Crippen LogP) is 2.08. The van der Waals surface area contributed by atoms with E-state index in [-0.39, 0.29) is 0 Å². The van der Waals surface area contributed by atoms with Crippen LogP contribution in [0.15, 0.2) is 36.8 Å². The Hall–Kier alpha value is -1.61. The van der Waals surface area contributed by atoms with Crippen LogP contribution in [0.4, 0.5) is 0 Å². The van der Waals surface area contributed by atoms with E-state index in [0.717, 1.165) is 25.6 Å². The maximum absolute atomic E-state index is 4.27. The molecule has 1 aliphatic rings. The summed E-state index contributed by atoms with van der Waals surface area (Å²) in [5.41, 5.74) is 3.76. The molecule has 0 aliphatic carbocycles. The molecule has 1 aliphatic heterocycles. The quantitative estimate of drug-likeness (QED) is 0.870. The minimum atomic E-state index is 0.758. The Morgan fingerprint density at radius 1 is 1.29 bits per heavy atom. The van der Waals surface area contributed by atoms with Crippen molar-refractivity contribution in [3.05, 3.63) is 42.4 Å². The Balaban J connectivity index is 1.86. The van der Waals surface area contributed by atoms with Gasteiger partial charge in [-0.2, -0.15) is 0 Å². The number of nitrogens with zero attached hydrogens (tertiary/aromatic N) is 2. The molecule has 1 aromatic carbocycles. The van der Waals surface area contributed by atoms with Crippen molar-refractivity contribution in [3.8, 4) is 11.3 Å². The first-order chi connectivity index (χ1) is 8.33. The highest BCUT2D eigenvalue weighted by atomic mass is 15.1. The molecule has 88 valence electrons. The van der Waals surface area contributed by atoms with Gasteiger partial charge < -0.3 is 9.88 Å². The summed E-state index contributed by atoms with van der Waals surface area (Å²) < 4.78 is 2.26. The van der Waals surface area contributed by atoms with Crippen molar-refractivity contribution in [1.29, 1.82) is 0 Å². The molecule has 3 heteroatoms. The summed E-state index contributed by atoms with van der Waals surface area (Å²) in [6, 6.07) is 8.64. The van der Waals surface area contributed by atoms with Crippen LogP contribution in [0.5, 0.6) is 0 Å². The van der Waals surface area contributed by atoms with Gasteiger partial charge in [-0.15, -0.1) is 0 Å². The Morgan fingerprint density at radius 3 is 2.71 bits per heavy atom. The highest BCUT2D eigenvalue weighted by Gasteiger charge is 2.18. The monoisotopic (exact) mass is 227 g/mol. The molecule has 3 rings (SSSR count). The lowest BCUT2D eigenvalue weighted by atomic mass is 10.0. The third-order valence-electron chi connectivity index (χ3n) is 3.38. The largest absolute Gasteiger partial charge is 0.330 e. The van der Waals surface area contributed by atoms with Gasteiger partial charge in [-0.05, 0) is 12.5 Å². The van der Waals surface area contributed by atoms with Crippen LogP contribution in [0.2, 0.25) is 0 Å². The Kier molecular flexibility index (Phi) is 2.69. The van der Waals surface area contributed by atoms with Crippen LogP contribution in [0.25, 0.3) is 11.3 Å². The van der Waals surface area contributed by atoms with Crippen LogP contribution < -0.4 is 5.32 Å². The summed E-state index contributed by atoms with van der Waals surface area (Å²) in [7, 11) is 0. The van der Waals surface area contributed by atoms with Crippen LogP contribution in [0, 0.1) is 12.8 Å². The lowest BCUT2D eigenvalue weighted by Gasteiger charge is -2.27. The van der Waals surface area contributed by atoms with Crippen LogP contribution >= 0.6 is 0 Å². The topological polar surface area (TPSA) is 29.9 Å². The molecule has 0 spiro atoms. The van der Waals surface area contributed by atoms with Gasteiger partial charge in [0.25, 0.3) is 0 Å². The van der Waals surface area contributed by atoms with Gasteiger partial charge in [0.2, 0.25) is 0 Å². The van der Waals surface area contributed by atoms with Crippen molar-refractivity contribution in [3.63, 3.8) is 0 Å². The molecule has 1 saturated heterocycles. The summed E-state index contributed by atoms with van der Waals surface area (Å²) in [6.07, 6.45) is 3.89. The zero-order chi connectivity index (χ0) is 11.7. The highest BCUT2D eigenvalue weighted by Crippen LogP contribution is 2.21. The SMILES string of the molecule is Cc1ccc(-c2cncn2CC2CNC2)cc1. The minimum absolute atomic E-state index is 0.758. The number of benzene rings is 1. The first-order valence-electron chi connectivity index (χ1n) is 6.11. The number of hydrogen-bond donors (Lipinski definition) is 1. The van der Waals surface area contributed by atoms with E-state index < -0.39 is 0 Å². The average molecular weight is 227 g/mol. The summed E-state index contributed by atoms with van der Waals surface area (Å²) in [5.74, 6) is 0.758. The van der Waals surface area contributed by atoms with Gasteiger partial charge >= 0.3 is 0 Å². The van der Waals surface area contributed by atoms with Gasteiger partial charge in [0, 0.05) is 25.6 Å². The standard InChI is InChI=1S/C14H17N3/c1-11-2-4-13(5-3-11)14-8-16-10-17(14)9-12-6-15-7-12/h2-5,8,10,12,15H,6-7,9H2,1H3. The van der Waals surface area contributed by atoms with Crippen molar-refractivity contribution in [2.24, 2.45) is 5.92 Å². The fourth-order valence-electron chi connectivity index (χ4n) is 2.19. The van der Waals surface area contributed by atoms with Crippen LogP contribution in [-0.2, 0) is 6.54 Å². The number of hydrogen-bond acceptors (Lipinski definition) is 2. The second-order valence-electron chi connectivity index (χ2n) is 4.82. The first-order valence-corrected chi connectivity index (χ1v) is 6.11. The van der Waals surface area contributed by atoms with Crippen molar-refractivity contribution in [1.82, 2.24) is 14.9 Å². The summed E-state index contributed by atoms with van der Waals surface area (Å²) in [4.78, 5) is 4.27. The maximum atomic E-state index is 4.27. The van der Waals surface area contributed by atoms with Gasteiger partial charge in [0.05, 0.1) is 18.2 Å².